The number of nitrogens with two attached hydrogens (primary N) is 1. The number of hydrogen-bond acceptors (Lipinski definition) is 3. The number of ether oxygens (including phenoxy) is 1. The monoisotopic (exact) mass is 248 g/mol. The molecule has 1 saturated heterocycles. The second-order valence-corrected chi connectivity index (χ2v) is 5.25. The van der Waals surface area contributed by atoms with E-state index in [1.165, 1.54) is 0 Å². The van der Waals surface area contributed by atoms with Crippen molar-refractivity contribution in [2.45, 2.75) is 32.2 Å². The molecule has 3 N–H and O–H groups in total. The third-order valence-corrected chi connectivity index (χ3v) is 3.36. The smallest absolute Gasteiger partial charge is 0.252 e. The number of amides is 1. The Balaban J connectivity index is 2.14. The number of anilines is 1. The number of benzene rings is 1. The lowest BCUT2D eigenvalue weighted by Crippen LogP contribution is -2.51. The molecular formula is C14H20N2O2. The molecule has 1 heterocycles. The van der Waals surface area contributed by atoms with Crippen LogP contribution in [0.5, 0.6) is 0 Å². The Labute approximate surface area is 108 Å². The van der Waals surface area contributed by atoms with Gasteiger partial charge in [0.2, 0.25) is 0 Å². The minimum Gasteiger partial charge on any atom is -0.399 e. The fourth-order valence-electron chi connectivity index (χ4n) is 2.26. The predicted octanol–water partition coefficient (Wildman–Crippen LogP) is 1.88. The van der Waals surface area contributed by atoms with Gasteiger partial charge in [-0.15, -0.1) is 0 Å². The number of aryl methyl sites for hydroxylation is 1. The van der Waals surface area contributed by atoms with E-state index in [0.29, 0.717) is 17.9 Å². The summed E-state index contributed by atoms with van der Waals surface area (Å²) >= 11 is 0. The summed E-state index contributed by atoms with van der Waals surface area (Å²) in [5.74, 6) is -0.0761. The van der Waals surface area contributed by atoms with Gasteiger partial charge in [-0.25, -0.2) is 0 Å². The number of carbonyl (C=O) groups excluding carboxylic acids is 1. The van der Waals surface area contributed by atoms with Crippen molar-refractivity contribution in [3.05, 3.63) is 29.3 Å². The maximum Gasteiger partial charge on any atom is 0.252 e. The van der Waals surface area contributed by atoms with Crippen LogP contribution in [0.25, 0.3) is 0 Å². The van der Waals surface area contributed by atoms with Crippen molar-refractivity contribution in [3.63, 3.8) is 0 Å². The van der Waals surface area contributed by atoms with Crippen LogP contribution < -0.4 is 11.1 Å². The quantitative estimate of drug-likeness (QED) is 0.785. The Morgan fingerprint density at radius 1 is 1.50 bits per heavy atom. The summed E-state index contributed by atoms with van der Waals surface area (Å²) in [6, 6.07) is 5.39. The molecular weight excluding hydrogens is 228 g/mol. The Morgan fingerprint density at radius 2 is 2.28 bits per heavy atom. The van der Waals surface area contributed by atoms with Gasteiger partial charge in [-0.2, -0.15) is 0 Å². The van der Waals surface area contributed by atoms with Crippen LogP contribution >= 0.6 is 0 Å². The molecule has 1 aromatic rings. The van der Waals surface area contributed by atoms with Crippen LogP contribution in [-0.2, 0) is 4.74 Å². The highest BCUT2D eigenvalue weighted by Gasteiger charge is 2.29. The molecule has 1 unspecified atom stereocenters. The van der Waals surface area contributed by atoms with Gasteiger partial charge in [0.15, 0.2) is 0 Å². The van der Waals surface area contributed by atoms with E-state index >= 15 is 0 Å². The van der Waals surface area contributed by atoms with Crippen LogP contribution in [0.15, 0.2) is 18.2 Å². The summed E-state index contributed by atoms with van der Waals surface area (Å²) in [7, 11) is 0. The number of rotatable bonds is 2. The molecule has 1 amide bonds. The maximum atomic E-state index is 12.3. The molecule has 0 aliphatic carbocycles. The SMILES string of the molecule is Cc1ccc(N)cc1C(=O)NC1(C)CCCOC1. The standard InChI is InChI=1S/C14H20N2O2/c1-10-4-5-11(15)8-12(10)13(17)16-14(2)6-3-7-18-9-14/h4-5,8H,3,6-7,9,15H2,1-2H3,(H,16,17). The van der Waals surface area contributed by atoms with Gasteiger partial charge in [0.25, 0.3) is 5.91 Å². The third kappa shape index (κ3) is 2.82. The van der Waals surface area contributed by atoms with Crippen LogP contribution in [0.3, 0.4) is 0 Å². The van der Waals surface area contributed by atoms with Gasteiger partial charge in [0, 0.05) is 17.9 Å². The number of nitrogen functional groups attached to an aromatic ring is 1. The zero-order chi connectivity index (χ0) is 13.2. The van der Waals surface area contributed by atoms with Crippen molar-refractivity contribution in [1.29, 1.82) is 0 Å². The molecule has 4 nitrogen and oxygen atoms in total. The molecule has 0 radical (unpaired) electrons. The average molecular weight is 248 g/mol. The lowest BCUT2D eigenvalue weighted by Gasteiger charge is -2.34. The van der Waals surface area contributed by atoms with E-state index in [-0.39, 0.29) is 11.4 Å². The normalized spacial score (nSPS) is 23.7. The molecule has 1 fully saturated rings. The van der Waals surface area contributed by atoms with E-state index in [9.17, 15) is 4.79 Å². The van der Waals surface area contributed by atoms with Gasteiger partial charge in [-0.3, -0.25) is 4.79 Å². The molecule has 18 heavy (non-hydrogen) atoms. The zero-order valence-corrected chi connectivity index (χ0v) is 11.0. The van der Waals surface area contributed by atoms with Crippen molar-refractivity contribution < 1.29 is 9.53 Å². The molecule has 4 heteroatoms. The summed E-state index contributed by atoms with van der Waals surface area (Å²) < 4.78 is 5.44. The summed E-state index contributed by atoms with van der Waals surface area (Å²) in [6.07, 6.45) is 1.92. The number of nitrogens with one attached hydrogen (secondary N) is 1. The van der Waals surface area contributed by atoms with Gasteiger partial charge >= 0.3 is 0 Å². The summed E-state index contributed by atoms with van der Waals surface area (Å²) in [5.41, 5.74) is 7.64. The lowest BCUT2D eigenvalue weighted by molar-refractivity contribution is 0.0272. The molecule has 0 aromatic heterocycles. The van der Waals surface area contributed by atoms with E-state index in [1.54, 1.807) is 12.1 Å². The van der Waals surface area contributed by atoms with E-state index in [0.717, 1.165) is 25.0 Å². The van der Waals surface area contributed by atoms with Gasteiger partial charge in [-0.1, -0.05) is 6.07 Å². The molecule has 2 rings (SSSR count). The molecule has 1 aliphatic rings. The summed E-state index contributed by atoms with van der Waals surface area (Å²) in [5, 5.41) is 3.06. The maximum absolute atomic E-state index is 12.3. The summed E-state index contributed by atoms with van der Waals surface area (Å²) in [6.45, 7) is 5.28. The number of carbonyl (C=O) groups is 1. The first-order valence-corrected chi connectivity index (χ1v) is 6.27. The van der Waals surface area contributed by atoms with Crippen LogP contribution in [0.4, 0.5) is 5.69 Å². The van der Waals surface area contributed by atoms with E-state index < -0.39 is 0 Å². The van der Waals surface area contributed by atoms with Crippen LogP contribution in [0.2, 0.25) is 0 Å². The minimum absolute atomic E-state index is 0.0761. The largest absolute Gasteiger partial charge is 0.399 e. The van der Waals surface area contributed by atoms with Crippen molar-refractivity contribution in [2.24, 2.45) is 0 Å². The Kier molecular flexibility index (Phi) is 3.57. The summed E-state index contributed by atoms with van der Waals surface area (Å²) in [4.78, 5) is 12.3. The Morgan fingerprint density at radius 3 is 2.94 bits per heavy atom. The van der Waals surface area contributed by atoms with Crippen molar-refractivity contribution in [1.82, 2.24) is 5.32 Å². The predicted molar refractivity (Wildman–Crippen MR) is 71.5 cm³/mol. The molecule has 0 bridgehead atoms. The zero-order valence-electron chi connectivity index (χ0n) is 11.0. The lowest BCUT2D eigenvalue weighted by atomic mass is 9.94. The Bertz CT molecular complexity index is 451. The van der Waals surface area contributed by atoms with Gasteiger partial charge in [-0.05, 0) is 44.4 Å². The molecule has 1 aliphatic heterocycles. The first-order valence-electron chi connectivity index (χ1n) is 6.27. The third-order valence-electron chi connectivity index (χ3n) is 3.36. The fourth-order valence-corrected chi connectivity index (χ4v) is 2.26. The van der Waals surface area contributed by atoms with E-state index in [4.69, 9.17) is 10.5 Å². The van der Waals surface area contributed by atoms with Crippen LogP contribution in [0, 0.1) is 6.92 Å². The highest BCUT2D eigenvalue weighted by Crippen LogP contribution is 2.20. The van der Waals surface area contributed by atoms with Crippen molar-refractivity contribution >= 4 is 11.6 Å². The van der Waals surface area contributed by atoms with Crippen LogP contribution in [0.1, 0.15) is 35.7 Å². The first-order chi connectivity index (χ1) is 8.50. The second-order valence-electron chi connectivity index (χ2n) is 5.25. The first kappa shape index (κ1) is 12.9. The molecule has 1 aromatic carbocycles. The van der Waals surface area contributed by atoms with Crippen molar-refractivity contribution in [2.75, 3.05) is 18.9 Å². The van der Waals surface area contributed by atoms with Gasteiger partial charge in [0.05, 0.1) is 12.1 Å². The van der Waals surface area contributed by atoms with Crippen LogP contribution in [-0.4, -0.2) is 24.7 Å². The topological polar surface area (TPSA) is 64.4 Å². The fraction of sp³-hybridized carbons (Fsp3) is 0.500. The molecule has 98 valence electrons. The molecule has 0 saturated carbocycles. The van der Waals surface area contributed by atoms with Crippen molar-refractivity contribution in [3.8, 4) is 0 Å². The average Bonchev–Trinajstić information content (AvgIpc) is 2.32. The van der Waals surface area contributed by atoms with Gasteiger partial charge < -0.3 is 15.8 Å². The van der Waals surface area contributed by atoms with Gasteiger partial charge in [0.1, 0.15) is 0 Å². The minimum atomic E-state index is -0.271. The highest BCUT2D eigenvalue weighted by molar-refractivity contribution is 5.96. The highest BCUT2D eigenvalue weighted by atomic mass is 16.5. The molecule has 1 atom stereocenters. The molecule has 0 spiro atoms. The Hall–Kier alpha value is -1.55. The number of hydrogen-bond donors (Lipinski definition) is 2. The van der Waals surface area contributed by atoms with E-state index in [1.807, 2.05) is 19.9 Å². The van der Waals surface area contributed by atoms with E-state index in [2.05, 4.69) is 5.32 Å². The second kappa shape index (κ2) is 4.98.